The minimum absolute atomic E-state index is 0.469. The summed E-state index contributed by atoms with van der Waals surface area (Å²) < 4.78 is 5.70. The number of nitrogens with one attached hydrogen (secondary N) is 1. The smallest absolute Gasteiger partial charge is 0.128 e. The summed E-state index contributed by atoms with van der Waals surface area (Å²) in [6.45, 7) is 5.23. The molecule has 0 bridgehead atoms. The lowest BCUT2D eigenvalue weighted by molar-refractivity contribution is 0.416. The van der Waals surface area contributed by atoms with Gasteiger partial charge >= 0.3 is 0 Å². The fourth-order valence-electron chi connectivity index (χ4n) is 3.72. The summed E-state index contributed by atoms with van der Waals surface area (Å²) in [5.41, 5.74) is 12.1. The number of rotatable bonds is 8. The summed E-state index contributed by atoms with van der Waals surface area (Å²) >= 11 is 1.75. The van der Waals surface area contributed by atoms with E-state index in [0.717, 1.165) is 37.1 Å². The Bertz CT molecular complexity index is 914. The lowest BCUT2D eigenvalue weighted by atomic mass is 9.96. The number of hydrogen-bond donors (Lipinski definition) is 2. The highest BCUT2D eigenvalue weighted by atomic mass is 32.2. The van der Waals surface area contributed by atoms with Crippen LogP contribution >= 0.6 is 11.8 Å². The van der Waals surface area contributed by atoms with Crippen molar-refractivity contribution in [3.8, 4) is 17.0 Å². The summed E-state index contributed by atoms with van der Waals surface area (Å²) in [4.78, 5) is 5.00. The van der Waals surface area contributed by atoms with E-state index in [1.165, 1.54) is 32.6 Å². The van der Waals surface area contributed by atoms with Gasteiger partial charge in [-0.25, -0.2) is 0 Å². The summed E-state index contributed by atoms with van der Waals surface area (Å²) in [6, 6.07) is 13.1. The van der Waals surface area contributed by atoms with E-state index >= 15 is 0 Å². The Hall–Kier alpha value is -1.91. The number of methoxy groups -OCH3 is 1. The molecule has 0 aliphatic rings. The maximum Gasteiger partial charge on any atom is 0.128 e. The lowest BCUT2D eigenvalue weighted by Crippen LogP contribution is -1.99. The molecule has 3 aromatic rings. The standard InChI is InChI=1S/C23H30N2OS/c1-15(2)17-9-7-10-19-18(8-5-6-13-24)23(25-22(17)19)20-14-16(27-4)11-12-21(20)26-3/h7,9-12,14-15,25H,5-6,8,13,24H2,1-4H3. The van der Waals surface area contributed by atoms with Crippen LogP contribution in [-0.2, 0) is 6.42 Å². The number of thioether (sulfide) groups is 1. The van der Waals surface area contributed by atoms with E-state index in [-0.39, 0.29) is 0 Å². The first-order chi connectivity index (χ1) is 13.1. The van der Waals surface area contributed by atoms with Crippen molar-refractivity contribution < 1.29 is 4.74 Å². The molecule has 0 radical (unpaired) electrons. The second-order valence-electron chi connectivity index (χ2n) is 7.22. The number of benzene rings is 2. The highest BCUT2D eigenvalue weighted by Crippen LogP contribution is 2.40. The molecule has 0 amide bonds. The van der Waals surface area contributed by atoms with Crippen molar-refractivity contribution in [3.63, 3.8) is 0 Å². The Morgan fingerprint density at radius 3 is 2.63 bits per heavy atom. The number of fused-ring (bicyclic) bond motifs is 1. The van der Waals surface area contributed by atoms with Crippen molar-refractivity contribution in [3.05, 3.63) is 47.5 Å². The SMILES string of the molecule is COc1ccc(SC)cc1-c1[nH]c2c(C(C)C)cccc2c1CCCCN. The normalized spacial score (nSPS) is 11.5. The van der Waals surface area contributed by atoms with Crippen LogP contribution in [0.25, 0.3) is 22.2 Å². The van der Waals surface area contributed by atoms with E-state index < -0.39 is 0 Å². The van der Waals surface area contributed by atoms with Gasteiger partial charge in [0.2, 0.25) is 0 Å². The third-order valence-electron chi connectivity index (χ3n) is 5.15. The van der Waals surface area contributed by atoms with Gasteiger partial charge in [-0.2, -0.15) is 0 Å². The first-order valence-corrected chi connectivity index (χ1v) is 10.9. The Labute approximate surface area is 166 Å². The average molecular weight is 383 g/mol. The first kappa shape index (κ1) is 19.8. The van der Waals surface area contributed by atoms with Crippen LogP contribution in [0.2, 0.25) is 0 Å². The summed E-state index contributed by atoms with van der Waals surface area (Å²) in [5, 5.41) is 1.32. The van der Waals surface area contributed by atoms with E-state index in [0.29, 0.717) is 5.92 Å². The maximum atomic E-state index is 5.75. The van der Waals surface area contributed by atoms with Gasteiger partial charge in [0.05, 0.1) is 12.8 Å². The quantitative estimate of drug-likeness (QED) is 0.373. The molecule has 0 saturated heterocycles. The molecule has 3 rings (SSSR count). The molecule has 1 aromatic heterocycles. The second kappa shape index (κ2) is 8.85. The van der Waals surface area contributed by atoms with Crippen LogP contribution in [-0.4, -0.2) is 24.9 Å². The van der Waals surface area contributed by atoms with Gasteiger partial charge in [-0.1, -0.05) is 32.0 Å². The fraction of sp³-hybridized carbons (Fsp3) is 0.391. The van der Waals surface area contributed by atoms with Crippen molar-refractivity contribution in [2.45, 2.75) is 43.9 Å². The van der Waals surface area contributed by atoms with Crippen LogP contribution < -0.4 is 10.5 Å². The predicted molar refractivity (Wildman–Crippen MR) is 118 cm³/mol. The Kier molecular flexibility index (Phi) is 6.51. The molecule has 0 atom stereocenters. The third kappa shape index (κ3) is 4.02. The zero-order valence-corrected chi connectivity index (χ0v) is 17.6. The Balaban J connectivity index is 2.25. The van der Waals surface area contributed by atoms with Crippen LogP contribution in [0.3, 0.4) is 0 Å². The number of aryl methyl sites for hydroxylation is 1. The monoisotopic (exact) mass is 382 g/mol. The fourth-order valence-corrected chi connectivity index (χ4v) is 4.16. The number of hydrogen-bond acceptors (Lipinski definition) is 3. The van der Waals surface area contributed by atoms with Crippen molar-refractivity contribution >= 4 is 22.7 Å². The zero-order valence-electron chi connectivity index (χ0n) is 16.8. The molecule has 3 nitrogen and oxygen atoms in total. The van der Waals surface area contributed by atoms with Gasteiger partial charge in [0.25, 0.3) is 0 Å². The number of aromatic nitrogens is 1. The molecule has 2 aromatic carbocycles. The predicted octanol–water partition coefficient (Wildman–Crippen LogP) is 5.97. The third-order valence-corrected chi connectivity index (χ3v) is 5.88. The van der Waals surface area contributed by atoms with Crippen molar-refractivity contribution in [2.75, 3.05) is 19.9 Å². The molecular weight excluding hydrogens is 352 g/mol. The van der Waals surface area contributed by atoms with Crippen LogP contribution in [0.5, 0.6) is 5.75 Å². The maximum absolute atomic E-state index is 5.75. The Morgan fingerprint density at radius 2 is 1.96 bits per heavy atom. The second-order valence-corrected chi connectivity index (χ2v) is 8.09. The average Bonchev–Trinajstić information content (AvgIpc) is 3.06. The molecule has 0 aliphatic heterocycles. The van der Waals surface area contributed by atoms with E-state index in [2.05, 4.69) is 61.5 Å². The zero-order chi connectivity index (χ0) is 19.4. The molecule has 1 heterocycles. The van der Waals surface area contributed by atoms with E-state index in [4.69, 9.17) is 10.5 Å². The Morgan fingerprint density at radius 1 is 1.15 bits per heavy atom. The van der Waals surface area contributed by atoms with Gasteiger partial charge in [0, 0.05) is 21.4 Å². The first-order valence-electron chi connectivity index (χ1n) is 9.66. The van der Waals surface area contributed by atoms with Crippen LogP contribution in [0.15, 0.2) is 41.3 Å². The number of unbranched alkanes of at least 4 members (excludes halogenated alkanes) is 1. The lowest BCUT2D eigenvalue weighted by Gasteiger charge is -2.11. The van der Waals surface area contributed by atoms with Crippen molar-refractivity contribution in [2.24, 2.45) is 5.73 Å². The number of nitrogens with two attached hydrogens (primary N) is 1. The van der Waals surface area contributed by atoms with Crippen LogP contribution in [0, 0.1) is 0 Å². The molecule has 4 heteroatoms. The van der Waals surface area contributed by atoms with Crippen LogP contribution in [0.4, 0.5) is 0 Å². The molecular formula is C23H30N2OS. The van der Waals surface area contributed by atoms with E-state index in [9.17, 15) is 0 Å². The minimum Gasteiger partial charge on any atom is -0.496 e. The molecule has 144 valence electrons. The number of H-pyrrole nitrogens is 1. The van der Waals surface area contributed by atoms with Gasteiger partial charge in [-0.3, -0.25) is 0 Å². The summed E-state index contributed by atoms with van der Waals surface area (Å²) in [5.74, 6) is 1.38. The number of ether oxygens (including phenoxy) is 1. The highest BCUT2D eigenvalue weighted by Gasteiger charge is 2.19. The summed E-state index contributed by atoms with van der Waals surface area (Å²) in [6.07, 6.45) is 5.25. The molecule has 0 fully saturated rings. The van der Waals surface area contributed by atoms with E-state index in [1.807, 2.05) is 0 Å². The van der Waals surface area contributed by atoms with Crippen molar-refractivity contribution in [1.29, 1.82) is 0 Å². The van der Waals surface area contributed by atoms with Gasteiger partial charge in [0.15, 0.2) is 0 Å². The largest absolute Gasteiger partial charge is 0.496 e. The van der Waals surface area contributed by atoms with Crippen molar-refractivity contribution in [1.82, 2.24) is 4.98 Å². The van der Waals surface area contributed by atoms with E-state index in [1.54, 1.807) is 18.9 Å². The number of para-hydroxylation sites is 1. The van der Waals surface area contributed by atoms with Gasteiger partial charge < -0.3 is 15.5 Å². The molecule has 0 unspecified atom stereocenters. The molecule has 0 aliphatic carbocycles. The van der Waals surface area contributed by atoms with Crippen LogP contribution in [0.1, 0.15) is 43.7 Å². The molecule has 27 heavy (non-hydrogen) atoms. The molecule has 3 N–H and O–H groups in total. The van der Waals surface area contributed by atoms with Gasteiger partial charge in [-0.15, -0.1) is 11.8 Å². The highest BCUT2D eigenvalue weighted by molar-refractivity contribution is 7.98. The topological polar surface area (TPSA) is 51.0 Å². The van der Waals surface area contributed by atoms with Gasteiger partial charge in [0.1, 0.15) is 5.75 Å². The van der Waals surface area contributed by atoms with Gasteiger partial charge in [-0.05, 0) is 67.3 Å². The molecule has 0 saturated carbocycles. The minimum atomic E-state index is 0.469. The summed E-state index contributed by atoms with van der Waals surface area (Å²) in [7, 11) is 1.74. The number of aromatic amines is 1. The molecule has 0 spiro atoms.